The van der Waals surface area contributed by atoms with E-state index in [0.29, 0.717) is 12.2 Å². The molecular weight excluding hydrogens is 184 g/mol. The Morgan fingerprint density at radius 3 is 2.57 bits per heavy atom. The van der Waals surface area contributed by atoms with E-state index in [1.807, 2.05) is 0 Å². The minimum atomic E-state index is -0.526. The minimum absolute atomic E-state index is 0.267. The Hall–Kier alpha value is -1.36. The first-order valence-corrected chi connectivity index (χ1v) is 4.38. The number of esters is 1. The Morgan fingerprint density at radius 2 is 2.07 bits per heavy atom. The summed E-state index contributed by atoms with van der Waals surface area (Å²) in [5, 5.41) is 5.29. The molecule has 1 amide bonds. The lowest BCUT2D eigenvalue weighted by atomic mass is 10.4. The number of carbonyl (C=O) groups is 2. The molecule has 0 heterocycles. The van der Waals surface area contributed by atoms with Crippen LogP contribution in [0.4, 0.5) is 0 Å². The van der Waals surface area contributed by atoms with Crippen LogP contribution in [0, 0.1) is 0 Å². The molecule has 0 fully saturated rings. The van der Waals surface area contributed by atoms with Crippen LogP contribution in [-0.4, -0.2) is 32.1 Å². The zero-order valence-electron chi connectivity index (χ0n) is 8.55. The van der Waals surface area contributed by atoms with Gasteiger partial charge in [0.2, 0.25) is 5.91 Å². The molecule has 0 bridgehead atoms. The molecule has 0 spiro atoms. The maximum Gasteiger partial charge on any atom is 0.315 e. The lowest BCUT2D eigenvalue weighted by molar-refractivity contribution is -0.145. The fourth-order valence-corrected chi connectivity index (χ4v) is 0.842. The molecule has 14 heavy (non-hydrogen) atoms. The van der Waals surface area contributed by atoms with Crippen molar-refractivity contribution in [1.29, 1.82) is 0 Å². The first-order valence-electron chi connectivity index (χ1n) is 4.38. The van der Waals surface area contributed by atoms with Gasteiger partial charge in [-0.1, -0.05) is 6.58 Å². The highest BCUT2D eigenvalue weighted by Gasteiger charge is 2.09. The fraction of sp³-hybridized carbons (Fsp3) is 0.556. The van der Waals surface area contributed by atoms with Gasteiger partial charge in [-0.05, 0) is 14.0 Å². The monoisotopic (exact) mass is 200 g/mol. The first kappa shape index (κ1) is 12.6. The third-order valence-electron chi connectivity index (χ3n) is 1.32. The Bertz CT molecular complexity index is 204. The molecule has 0 unspecified atom stereocenters. The summed E-state index contributed by atoms with van der Waals surface area (Å²) in [4.78, 5) is 22.0. The molecule has 80 valence electrons. The molecule has 0 saturated carbocycles. The van der Waals surface area contributed by atoms with E-state index in [0.717, 1.165) is 0 Å². The van der Waals surface area contributed by atoms with Crippen molar-refractivity contribution >= 4 is 11.9 Å². The van der Waals surface area contributed by atoms with Crippen molar-refractivity contribution in [1.82, 2.24) is 10.6 Å². The lowest BCUT2D eigenvalue weighted by Gasteiger charge is -2.06. The van der Waals surface area contributed by atoms with E-state index in [2.05, 4.69) is 21.9 Å². The van der Waals surface area contributed by atoms with Gasteiger partial charge >= 0.3 is 5.97 Å². The first-order chi connectivity index (χ1) is 6.60. The summed E-state index contributed by atoms with van der Waals surface area (Å²) in [7, 11) is 1.74. The van der Waals surface area contributed by atoms with Crippen LogP contribution in [-0.2, 0) is 14.3 Å². The van der Waals surface area contributed by atoms with E-state index in [1.165, 1.54) is 0 Å². The maximum absolute atomic E-state index is 11.1. The van der Waals surface area contributed by atoms with E-state index in [4.69, 9.17) is 0 Å². The summed E-state index contributed by atoms with van der Waals surface area (Å²) in [6, 6.07) is 0. The summed E-state index contributed by atoms with van der Waals surface area (Å²) in [5.74, 6) is -0.925. The number of amides is 1. The van der Waals surface area contributed by atoms with Gasteiger partial charge in [-0.2, -0.15) is 0 Å². The Kier molecular flexibility index (Phi) is 6.39. The highest BCUT2D eigenvalue weighted by atomic mass is 16.5. The van der Waals surface area contributed by atoms with Gasteiger partial charge in [0.15, 0.2) is 0 Å². The van der Waals surface area contributed by atoms with Crippen LogP contribution >= 0.6 is 0 Å². The molecule has 0 aliphatic heterocycles. The van der Waals surface area contributed by atoms with Crippen molar-refractivity contribution < 1.29 is 14.3 Å². The highest BCUT2D eigenvalue weighted by molar-refractivity contribution is 5.94. The number of hydrogen-bond donors (Lipinski definition) is 2. The van der Waals surface area contributed by atoms with Crippen molar-refractivity contribution in [3.05, 3.63) is 12.3 Å². The van der Waals surface area contributed by atoms with Gasteiger partial charge in [0, 0.05) is 12.2 Å². The Morgan fingerprint density at radius 1 is 1.43 bits per heavy atom. The van der Waals surface area contributed by atoms with Gasteiger partial charge < -0.3 is 15.4 Å². The van der Waals surface area contributed by atoms with E-state index in [1.54, 1.807) is 14.0 Å². The van der Waals surface area contributed by atoms with Crippen LogP contribution in [0.25, 0.3) is 0 Å². The minimum Gasteiger partial charge on any atom is -0.466 e. The van der Waals surface area contributed by atoms with Gasteiger partial charge in [0.1, 0.15) is 6.42 Å². The summed E-state index contributed by atoms with van der Waals surface area (Å²) in [6.07, 6.45) is -0.267. The van der Waals surface area contributed by atoms with E-state index in [9.17, 15) is 9.59 Å². The van der Waals surface area contributed by atoms with Gasteiger partial charge in [-0.25, -0.2) is 0 Å². The molecule has 5 heteroatoms. The van der Waals surface area contributed by atoms with Crippen molar-refractivity contribution in [3.8, 4) is 0 Å². The molecule has 0 aromatic carbocycles. The lowest BCUT2D eigenvalue weighted by Crippen LogP contribution is -2.29. The van der Waals surface area contributed by atoms with Gasteiger partial charge in [0.05, 0.1) is 6.61 Å². The third-order valence-corrected chi connectivity index (χ3v) is 1.32. The maximum atomic E-state index is 11.1. The number of likely N-dealkylation sites (N-methyl/N-ethyl adjacent to an activating group) is 1. The number of ether oxygens (including phenoxy) is 1. The molecule has 0 aromatic rings. The van der Waals surface area contributed by atoms with Gasteiger partial charge in [-0.15, -0.1) is 0 Å². The molecule has 0 aliphatic rings. The van der Waals surface area contributed by atoms with Crippen LogP contribution in [0.3, 0.4) is 0 Å². The van der Waals surface area contributed by atoms with Crippen LogP contribution in [0.5, 0.6) is 0 Å². The van der Waals surface area contributed by atoms with Gasteiger partial charge in [-0.3, -0.25) is 9.59 Å². The highest BCUT2D eigenvalue weighted by Crippen LogP contribution is 1.89. The number of carbonyl (C=O) groups excluding carboxylic acids is 2. The molecule has 0 radical (unpaired) electrons. The molecule has 5 nitrogen and oxygen atoms in total. The van der Waals surface area contributed by atoms with Crippen LogP contribution < -0.4 is 10.6 Å². The second-order valence-electron chi connectivity index (χ2n) is 2.66. The number of rotatable bonds is 6. The molecule has 0 saturated heterocycles. The van der Waals surface area contributed by atoms with Crippen LogP contribution in [0.1, 0.15) is 13.3 Å². The molecule has 0 rings (SSSR count). The Labute approximate surface area is 83.5 Å². The molecule has 2 N–H and O–H groups in total. The standard InChI is InChI=1S/C9H16N2O3/c1-4-14-9(13)5-8(12)11-7(2)6-10-3/h10H,2,4-6H2,1,3H3,(H,11,12). The predicted molar refractivity (Wildman–Crippen MR) is 52.5 cm³/mol. The fourth-order valence-electron chi connectivity index (χ4n) is 0.842. The molecule has 0 aromatic heterocycles. The topological polar surface area (TPSA) is 67.4 Å². The normalized spacial score (nSPS) is 9.29. The average Bonchev–Trinajstić information content (AvgIpc) is 2.03. The third kappa shape index (κ3) is 6.19. The van der Waals surface area contributed by atoms with E-state index in [-0.39, 0.29) is 13.0 Å². The van der Waals surface area contributed by atoms with E-state index >= 15 is 0 Å². The smallest absolute Gasteiger partial charge is 0.315 e. The van der Waals surface area contributed by atoms with Gasteiger partial charge in [0.25, 0.3) is 0 Å². The van der Waals surface area contributed by atoms with E-state index < -0.39 is 11.9 Å². The number of hydrogen-bond acceptors (Lipinski definition) is 4. The zero-order valence-corrected chi connectivity index (χ0v) is 8.55. The van der Waals surface area contributed by atoms with Crippen molar-refractivity contribution in [2.45, 2.75) is 13.3 Å². The zero-order chi connectivity index (χ0) is 11.0. The van der Waals surface area contributed by atoms with Crippen molar-refractivity contribution in [3.63, 3.8) is 0 Å². The van der Waals surface area contributed by atoms with Crippen LogP contribution in [0.15, 0.2) is 12.3 Å². The SMILES string of the molecule is C=C(CNC)NC(=O)CC(=O)OCC. The second-order valence-corrected chi connectivity index (χ2v) is 2.66. The summed E-state index contributed by atoms with van der Waals surface area (Å²) in [5.41, 5.74) is 0.529. The quantitative estimate of drug-likeness (QED) is 0.460. The van der Waals surface area contributed by atoms with Crippen molar-refractivity contribution in [2.75, 3.05) is 20.2 Å². The molecule has 0 atom stereocenters. The number of nitrogens with one attached hydrogen (secondary N) is 2. The van der Waals surface area contributed by atoms with Crippen molar-refractivity contribution in [2.24, 2.45) is 0 Å². The second kappa shape index (κ2) is 7.08. The predicted octanol–water partition coefficient (Wildman–Crippen LogP) is -0.211. The summed E-state index contributed by atoms with van der Waals surface area (Å²) >= 11 is 0. The molecule has 0 aliphatic carbocycles. The summed E-state index contributed by atoms with van der Waals surface area (Å²) < 4.78 is 4.61. The largest absolute Gasteiger partial charge is 0.466 e. The van der Waals surface area contributed by atoms with Crippen LogP contribution in [0.2, 0.25) is 0 Å². The summed E-state index contributed by atoms with van der Waals surface area (Å²) in [6.45, 7) is 6.04. The molecular formula is C9H16N2O3. The Balaban J connectivity index is 3.75. The average molecular weight is 200 g/mol.